The van der Waals surface area contributed by atoms with E-state index in [2.05, 4.69) is 15.9 Å². The Morgan fingerprint density at radius 2 is 1.79 bits per heavy atom. The lowest BCUT2D eigenvalue weighted by molar-refractivity contribution is -0.156. The smallest absolute Gasteiger partial charge is 0.417 e. The zero-order valence-electron chi connectivity index (χ0n) is 23.4. The minimum atomic E-state index is -1.06. The van der Waals surface area contributed by atoms with Gasteiger partial charge >= 0.3 is 12.1 Å². The number of esters is 1. The number of carbonyl (C=O) groups excluding carboxylic acids is 3. The second-order valence-electron chi connectivity index (χ2n) is 11.0. The van der Waals surface area contributed by atoms with Crippen molar-refractivity contribution >= 4 is 33.9 Å². The Hall–Kier alpha value is -2.65. The van der Waals surface area contributed by atoms with Crippen molar-refractivity contribution in [3.05, 3.63) is 58.0 Å². The first-order valence-corrected chi connectivity index (χ1v) is 14.4. The lowest BCUT2D eigenvalue weighted by Crippen LogP contribution is -2.51. The number of hydrogen-bond acceptors (Lipinski definition) is 7. The number of carbonyl (C=O) groups is 3. The van der Waals surface area contributed by atoms with Crippen LogP contribution in [0.15, 0.2) is 45.3 Å². The van der Waals surface area contributed by atoms with E-state index >= 15 is 0 Å². The van der Waals surface area contributed by atoms with Crippen LogP contribution < -0.4 is 0 Å². The third-order valence-electron chi connectivity index (χ3n) is 7.05. The lowest BCUT2D eigenvalue weighted by atomic mass is 9.86. The number of imide groups is 1. The number of furan rings is 1. The largest absolute Gasteiger partial charge is 0.461 e. The van der Waals surface area contributed by atoms with Crippen LogP contribution in [0.2, 0.25) is 0 Å². The van der Waals surface area contributed by atoms with Gasteiger partial charge in [0.25, 0.3) is 0 Å². The molecule has 0 radical (unpaired) electrons. The number of aliphatic hydroxyl groups is 1. The first kappa shape index (κ1) is 30.9. The molecule has 2 heterocycles. The van der Waals surface area contributed by atoms with Crippen LogP contribution in [0.4, 0.5) is 4.79 Å². The zero-order valence-corrected chi connectivity index (χ0v) is 25.0. The van der Waals surface area contributed by atoms with Crippen molar-refractivity contribution in [3.8, 4) is 0 Å². The van der Waals surface area contributed by atoms with Gasteiger partial charge in [-0.25, -0.2) is 9.69 Å². The number of amides is 2. The highest BCUT2D eigenvalue weighted by Crippen LogP contribution is 2.40. The summed E-state index contributed by atoms with van der Waals surface area (Å²) in [6.07, 6.45) is 2.60. The van der Waals surface area contributed by atoms with E-state index in [0.717, 1.165) is 35.7 Å². The number of nitrogens with zero attached hydrogens (tertiary/aromatic N) is 1. The van der Waals surface area contributed by atoms with Gasteiger partial charge < -0.3 is 19.0 Å². The molecule has 3 rings (SSSR count). The Morgan fingerprint density at radius 1 is 1.13 bits per heavy atom. The molecule has 9 heteroatoms. The van der Waals surface area contributed by atoms with E-state index in [1.807, 2.05) is 44.2 Å². The summed E-state index contributed by atoms with van der Waals surface area (Å²) in [5, 5.41) is 9.01. The normalized spacial score (nSPS) is 18.2. The molecule has 0 saturated carbocycles. The van der Waals surface area contributed by atoms with Gasteiger partial charge in [0.05, 0.1) is 16.4 Å². The first-order valence-electron chi connectivity index (χ1n) is 13.6. The number of aryl methyl sites for hydroxylation is 1. The number of hydrogen-bond donors (Lipinski definition) is 1. The molecule has 214 valence electrons. The average Bonchev–Trinajstić information content (AvgIpc) is 3.35. The van der Waals surface area contributed by atoms with Gasteiger partial charge in [-0.2, -0.15) is 0 Å². The van der Waals surface area contributed by atoms with Gasteiger partial charge in [0, 0.05) is 20.0 Å². The maximum atomic E-state index is 14.3. The van der Waals surface area contributed by atoms with Crippen LogP contribution in [0.3, 0.4) is 0 Å². The first-order chi connectivity index (χ1) is 18.5. The Morgan fingerprint density at radius 3 is 2.41 bits per heavy atom. The third kappa shape index (κ3) is 7.72. The molecule has 1 aliphatic rings. The van der Waals surface area contributed by atoms with Crippen LogP contribution in [0, 0.1) is 11.8 Å². The molecule has 39 heavy (non-hydrogen) atoms. The summed E-state index contributed by atoms with van der Waals surface area (Å²) in [6, 6.07) is 10.7. The molecule has 3 atom stereocenters. The van der Waals surface area contributed by atoms with Crippen molar-refractivity contribution in [2.45, 2.75) is 90.9 Å². The summed E-state index contributed by atoms with van der Waals surface area (Å²) in [5.74, 6) is -1.00. The molecule has 2 aromatic rings. The van der Waals surface area contributed by atoms with E-state index in [1.54, 1.807) is 19.9 Å². The number of aliphatic hydroxyl groups excluding tert-OH is 1. The van der Waals surface area contributed by atoms with Crippen LogP contribution in [0.5, 0.6) is 0 Å². The van der Waals surface area contributed by atoms with Crippen LogP contribution in [-0.2, 0) is 31.9 Å². The van der Waals surface area contributed by atoms with E-state index in [1.165, 1.54) is 11.8 Å². The van der Waals surface area contributed by atoms with Gasteiger partial charge in [0.15, 0.2) is 6.10 Å². The molecule has 1 fully saturated rings. The van der Waals surface area contributed by atoms with Crippen LogP contribution in [0.25, 0.3) is 0 Å². The van der Waals surface area contributed by atoms with Gasteiger partial charge in [-0.1, -0.05) is 57.0 Å². The molecule has 3 unspecified atom stereocenters. The molecule has 0 aliphatic carbocycles. The Balaban J connectivity index is 2.00. The minimum Gasteiger partial charge on any atom is -0.461 e. The number of rotatable bonds is 13. The third-order valence-corrected chi connectivity index (χ3v) is 7.72. The number of cyclic esters (lactones) is 1. The molecule has 1 aliphatic heterocycles. The topological polar surface area (TPSA) is 106 Å². The predicted molar refractivity (Wildman–Crippen MR) is 150 cm³/mol. The molecule has 2 amide bonds. The van der Waals surface area contributed by atoms with Crippen LogP contribution >= 0.6 is 15.9 Å². The molecule has 0 bridgehead atoms. The summed E-state index contributed by atoms with van der Waals surface area (Å²) < 4.78 is 18.3. The Labute approximate surface area is 239 Å². The van der Waals surface area contributed by atoms with E-state index in [-0.39, 0.29) is 18.9 Å². The van der Waals surface area contributed by atoms with Gasteiger partial charge in [-0.15, -0.1) is 0 Å². The van der Waals surface area contributed by atoms with Crippen molar-refractivity contribution < 1.29 is 33.4 Å². The predicted octanol–water partition coefficient (Wildman–Crippen LogP) is 6.38. The number of benzene rings is 1. The molecular formula is C30H40BrNO7. The maximum absolute atomic E-state index is 14.3. The monoisotopic (exact) mass is 605 g/mol. The van der Waals surface area contributed by atoms with Crippen molar-refractivity contribution in [2.75, 3.05) is 6.61 Å². The van der Waals surface area contributed by atoms with E-state index in [4.69, 9.17) is 19.0 Å². The number of halogens is 1. The fourth-order valence-corrected chi connectivity index (χ4v) is 5.97. The molecular weight excluding hydrogens is 566 g/mol. The second-order valence-corrected chi connectivity index (χ2v) is 11.9. The summed E-state index contributed by atoms with van der Waals surface area (Å²) in [5.41, 5.74) is -0.0119. The highest BCUT2D eigenvalue weighted by Gasteiger charge is 2.54. The summed E-state index contributed by atoms with van der Waals surface area (Å²) in [7, 11) is 0. The van der Waals surface area contributed by atoms with Crippen LogP contribution in [-0.4, -0.2) is 46.2 Å². The minimum absolute atomic E-state index is 0.0601. The van der Waals surface area contributed by atoms with E-state index < -0.39 is 41.6 Å². The van der Waals surface area contributed by atoms with Gasteiger partial charge in [-0.3, -0.25) is 9.59 Å². The molecule has 1 N–H and O–H groups in total. The fourth-order valence-electron chi connectivity index (χ4n) is 5.46. The molecule has 1 aromatic heterocycles. The molecule has 1 aromatic carbocycles. The van der Waals surface area contributed by atoms with E-state index in [9.17, 15) is 14.4 Å². The second kappa shape index (κ2) is 13.6. The number of unbranched alkanes of at least 4 members (excludes halogenated alkanes) is 3. The average molecular weight is 607 g/mol. The molecule has 1 saturated heterocycles. The highest BCUT2D eigenvalue weighted by molar-refractivity contribution is 9.10. The van der Waals surface area contributed by atoms with Crippen LogP contribution in [0.1, 0.15) is 83.5 Å². The van der Waals surface area contributed by atoms with Crippen molar-refractivity contribution in [3.63, 3.8) is 0 Å². The van der Waals surface area contributed by atoms with Gasteiger partial charge in [0.2, 0.25) is 5.91 Å². The van der Waals surface area contributed by atoms with Crippen molar-refractivity contribution in [1.29, 1.82) is 0 Å². The Kier molecular flexibility index (Phi) is 10.8. The summed E-state index contributed by atoms with van der Waals surface area (Å²) in [4.78, 5) is 40.9. The lowest BCUT2D eigenvalue weighted by Gasteiger charge is -2.34. The standard InChI is InChI=1S/C30H40BrNO7/c1-19(2)27-30(4,5)39-29(36)32(27)28(35)22(17-21-13-9-8-10-14-21)26(37-20(3)34)25-18-23(31)24(38-25)15-11-6-7-12-16-33/h8-10,13-14,18-19,22,26-27,33H,6-7,11-12,15-17H2,1-5H3. The van der Waals surface area contributed by atoms with Gasteiger partial charge in [0.1, 0.15) is 17.1 Å². The van der Waals surface area contributed by atoms with Gasteiger partial charge in [-0.05, 0) is 66.6 Å². The SMILES string of the molecule is CC(=O)OC(c1cc(Br)c(CCCCCCO)o1)C(Cc1ccccc1)C(=O)N1C(=O)OC(C)(C)C1C(C)C. The Bertz CT molecular complexity index is 1130. The number of ether oxygens (including phenoxy) is 2. The maximum Gasteiger partial charge on any atom is 0.417 e. The molecule has 8 nitrogen and oxygen atoms in total. The quantitative estimate of drug-likeness (QED) is 0.208. The highest BCUT2D eigenvalue weighted by atomic mass is 79.9. The van der Waals surface area contributed by atoms with Crippen molar-refractivity contribution in [2.24, 2.45) is 11.8 Å². The van der Waals surface area contributed by atoms with Crippen molar-refractivity contribution in [1.82, 2.24) is 4.90 Å². The molecule has 0 spiro atoms. The summed E-state index contributed by atoms with van der Waals surface area (Å²) in [6.45, 7) is 8.96. The van der Waals surface area contributed by atoms with E-state index in [0.29, 0.717) is 17.9 Å². The summed E-state index contributed by atoms with van der Waals surface area (Å²) >= 11 is 3.56. The zero-order chi connectivity index (χ0) is 28.7. The fraction of sp³-hybridized carbons (Fsp3) is 0.567.